The Morgan fingerprint density at radius 2 is 2.24 bits per heavy atom. The minimum atomic E-state index is 0.148. The second-order valence-corrected chi connectivity index (χ2v) is 5.22. The van der Waals surface area contributed by atoms with Crippen LogP contribution in [0.25, 0.3) is 0 Å². The summed E-state index contributed by atoms with van der Waals surface area (Å²) >= 11 is 1.66. The van der Waals surface area contributed by atoms with Crippen LogP contribution in [0.15, 0.2) is 29.9 Å². The monoisotopic (exact) mass is 247 g/mol. The van der Waals surface area contributed by atoms with E-state index in [0.717, 1.165) is 6.42 Å². The lowest BCUT2D eigenvalue weighted by molar-refractivity contribution is 0.552. The van der Waals surface area contributed by atoms with Gasteiger partial charge in [0.15, 0.2) is 0 Å². The number of benzene rings is 1. The predicted octanol–water partition coefficient (Wildman–Crippen LogP) is 2.51. The zero-order valence-electron chi connectivity index (χ0n) is 10.1. The lowest BCUT2D eigenvalue weighted by Gasteiger charge is -2.18. The molecule has 0 saturated carbocycles. The number of nitrogens with one attached hydrogen (secondary N) is 1. The molecule has 1 aromatic heterocycles. The number of hydrazine groups is 1. The molecule has 90 valence electrons. The Morgan fingerprint density at radius 3 is 2.88 bits per heavy atom. The molecule has 3 N–H and O–H groups in total. The molecule has 0 spiro atoms. The van der Waals surface area contributed by atoms with Crippen LogP contribution >= 0.6 is 11.3 Å². The van der Waals surface area contributed by atoms with Gasteiger partial charge in [0.1, 0.15) is 0 Å². The van der Waals surface area contributed by atoms with Gasteiger partial charge in [-0.25, -0.2) is 0 Å². The number of thiazole rings is 1. The summed E-state index contributed by atoms with van der Waals surface area (Å²) in [5.74, 6) is 5.67. The number of hydrogen-bond acceptors (Lipinski definition) is 4. The van der Waals surface area contributed by atoms with Gasteiger partial charge in [0.05, 0.1) is 11.6 Å². The second kappa shape index (κ2) is 5.40. The first kappa shape index (κ1) is 12.2. The first-order valence-corrected chi connectivity index (χ1v) is 6.49. The summed E-state index contributed by atoms with van der Waals surface area (Å²) in [6.45, 7) is 4.22. The van der Waals surface area contributed by atoms with E-state index in [4.69, 9.17) is 5.84 Å². The van der Waals surface area contributed by atoms with Crippen LogP contribution in [-0.2, 0) is 6.42 Å². The van der Waals surface area contributed by atoms with Crippen molar-refractivity contribution in [3.8, 4) is 0 Å². The summed E-state index contributed by atoms with van der Waals surface area (Å²) in [7, 11) is 0. The molecular weight excluding hydrogens is 230 g/mol. The van der Waals surface area contributed by atoms with Crippen LogP contribution in [0.4, 0.5) is 0 Å². The Hall–Kier alpha value is -1.23. The molecule has 0 bridgehead atoms. The molecule has 1 atom stereocenters. The minimum Gasteiger partial charge on any atom is -0.271 e. The molecule has 1 heterocycles. The molecule has 1 unspecified atom stereocenters. The number of nitrogens with two attached hydrogens (primary N) is 1. The average Bonchev–Trinajstić information content (AvgIpc) is 2.82. The van der Waals surface area contributed by atoms with Crippen molar-refractivity contribution in [2.75, 3.05) is 0 Å². The summed E-state index contributed by atoms with van der Waals surface area (Å²) in [6.07, 6.45) is 2.78. The van der Waals surface area contributed by atoms with Crippen molar-refractivity contribution < 1.29 is 0 Å². The maximum Gasteiger partial charge on any atom is 0.0794 e. The first-order chi connectivity index (χ1) is 8.20. The highest BCUT2D eigenvalue weighted by Crippen LogP contribution is 2.23. The molecule has 0 fully saturated rings. The molecule has 3 nitrogen and oxygen atoms in total. The van der Waals surface area contributed by atoms with Gasteiger partial charge >= 0.3 is 0 Å². The molecule has 17 heavy (non-hydrogen) atoms. The quantitative estimate of drug-likeness (QED) is 0.644. The number of aryl methyl sites for hydroxylation is 2. The fourth-order valence-electron chi connectivity index (χ4n) is 1.94. The van der Waals surface area contributed by atoms with E-state index in [1.54, 1.807) is 11.3 Å². The summed E-state index contributed by atoms with van der Waals surface area (Å²) in [4.78, 5) is 5.34. The van der Waals surface area contributed by atoms with Crippen molar-refractivity contribution >= 4 is 11.3 Å². The Kier molecular flexibility index (Phi) is 3.89. The first-order valence-electron chi connectivity index (χ1n) is 5.61. The molecule has 2 rings (SSSR count). The second-order valence-electron chi connectivity index (χ2n) is 4.25. The van der Waals surface area contributed by atoms with E-state index in [1.807, 2.05) is 11.7 Å². The summed E-state index contributed by atoms with van der Waals surface area (Å²) in [5, 5.41) is 0. The van der Waals surface area contributed by atoms with Gasteiger partial charge < -0.3 is 0 Å². The highest BCUT2D eigenvalue weighted by atomic mass is 32.1. The van der Waals surface area contributed by atoms with Crippen LogP contribution in [-0.4, -0.2) is 4.98 Å². The Morgan fingerprint density at radius 1 is 1.41 bits per heavy atom. The molecule has 0 radical (unpaired) electrons. The van der Waals surface area contributed by atoms with Crippen molar-refractivity contribution in [2.24, 2.45) is 5.84 Å². The third-order valence-electron chi connectivity index (χ3n) is 2.90. The highest BCUT2D eigenvalue weighted by molar-refractivity contribution is 7.09. The molecule has 0 aliphatic heterocycles. The summed E-state index contributed by atoms with van der Waals surface area (Å²) in [5.41, 5.74) is 8.55. The topological polar surface area (TPSA) is 50.9 Å². The van der Waals surface area contributed by atoms with Gasteiger partial charge in [-0.3, -0.25) is 16.3 Å². The fraction of sp³-hybridized carbons (Fsp3) is 0.308. The summed E-state index contributed by atoms with van der Waals surface area (Å²) < 4.78 is 0. The van der Waals surface area contributed by atoms with E-state index in [9.17, 15) is 0 Å². The average molecular weight is 247 g/mol. The number of aromatic nitrogens is 1. The van der Waals surface area contributed by atoms with Gasteiger partial charge in [-0.05, 0) is 25.0 Å². The predicted molar refractivity (Wildman–Crippen MR) is 71.8 cm³/mol. The van der Waals surface area contributed by atoms with Crippen molar-refractivity contribution in [1.29, 1.82) is 0 Å². The number of rotatable bonds is 4. The smallest absolute Gasteiger partial charge is 0.0794 e. The third kappa shape index (κ3) is 2.91. The van der Waals surface area contributed by atoms with Crippen LogP contribution in [0.3, 0.4) is 0 Å². The zero-order valence-corrected chi connectivity index (χ0v) is 10.9. The highest BCUT2D eigenvalue weighted by Gasteiger charge is 2.13. The fourth-order valence-corrected chi connectivity index (χ4v) is 2.58. The maximum atomic E-state index is 5.67. The van der Waals surface area contributed by atoms with E-state index in [1.165, 1.54) is 21.6 Å². The van der Waals surface area contributed by atoms with Crippen LogP contribution in [0.1, 0.15) is 27.6 Å². The van der Waals surface area contributed by atoms with E-state index in [2.05, 4.69) is 42.5 Å². The van der Waals surface area contributed by atoms with Crippen LogP contribution < -0.4 is 11.3 Å². The largest absolute Gasteiger partial charge is 0.271 e. The molecule has 0 amide bonds. The van der Waals surface area contributed by atoms with Gasteiger partial charge in [0, 0.05) is 17.5 Å². The van der Waals surface area contributed by atoms with E-state index in [0.29, 0.717) is 0 Å². The van der Waals surface area contributed by atoms with Gasteiger partial charge in [-0.2, -0.15) is 0 Å². The van der Waals surface area contributed by atoms with Crippen molar-refractivity contribution in [3.63, 3.8) is 0 Å². The normalized spacial score (nSPS) is 12.6. The van der Waals surface area contributed by atoms with Crippen molar-refractivity contribution in [1.82, 2.24) is 10.4 Å². The minimum absolute atomic E-state index is 0.148. The molecule has 0 saturated heterocycles. The lowest BCUT2D eigenvalue weighted by atomic mass is 9.97. The zero-order chi connectivity index (χ0) is 12.3. The molecule has 0 aliphatic carbocycles. The Bertz CT molecular complexity index is 479. The van der Waals surface area contributed by atoms with E-state index >= 15 is 0 Å². The molecule has 0 aliphatic rings. The lowest BCUT2D eigenvalue weighted by Crippen LogP contribution is -2.30. The van der Waals surface area contributed by atoms with Crippen LogP contribution in [0.5, 0.6) is 0 Å². The molecule has 4 heteroatoms. The van der Waals surface area contributed by atoms with Gasteiger partial charge in [0.25, 0.3) is 0 Å². The molecule has 2 aromatic rings. The number of hydrogen-bond donors (Lipinski definition) is 2. The van der Waals surface area contributed by atoms with E-state index < -0.39 is 0 Å². The SMILES string of the molecule is Cc1ccc(C)c(C(Cc2cncs2)NN)c1. The van der Waals surface area contributed by atoms with Gasteiger partial charge in [-0.1, -0.05) is 23.8 Å². The van der Waals surface area contributed by atoms with Crippen molar-refractivity contribution in [3.05, 3.63) is 51.5 Å². The van der Waals surface area contributed by atoms with Crippen LogP contribution in [0.2, 0.25) is 0 Å². The number of nitrogens with zero attached hydrogens (tertiary/aromatic N) is 1. The summed E-state index contributed by atoms with van der Waals surface area (Å²) in [6, 6.07) is 6.61. The molecule has 1 aromatic carbocycles. The third-order valence-corrected chi connectivity index (χ3v) is 3.70. The Labute approximate surface area is 106 Å². The molecular formula is C13H17N3S. The van der Waals surface area contributed by atoms with Gasteiger partial charge in [-0.15, -0.1) is 11.3 Å². The van der Waals surface area contributed by atoms with E-state index in [-0.39, 0.29) is 6.04 Å². The maximum absolute atomic E-state index is 5.67. The Balaban J connectivity index is 2.25. The van der Waals surface area contributed by atoms with Crippen molar-refractivity contribution in [2.45, 2.75) is 26.3 Å². The van der Waals surface area contributed by atoms with Crippen LogP contribution in [0, 0.1) is 13.8 Å². The standard InChI is InChI=1S/C13H17N3S/c1-9-3-4-10(2)12(5-9)13(16-14)6-11-7-15-8-17-11/h3-5,7-8,13,16H,6,14H2,1-2H3. The van der Waals surface area contributed by atoms with Gasteiger partial charge in [0.2, 0.25) is 0 Å².